The molecule has 19 heavy (non-hydrogen) atoms. The Morgan fingerprint density at radius 3 is 2.95 bits per heavy atom. The van der Waals surface area contributed by atoms with Gasteiger partial charge in [0.05, 0.1) is 11.0 Å². The van der Waals surface area contributed by atoms with Gasteiger partial charge in [-0.2, -0.15) is 0 Å². The number of nitro benzene ring substituents is 1. The molecule has 0 amide bonds. The summed E-state index contributed by atoms with van der Waals surface area (Å²) in [5.41, 5.74) is 0.673. The van der Waals surface area contributed by atoms with Crippen LogP contribution in [-0.4, -0.2) is 23.2 Å². The third kappa shape index (κ3) is 3.05. The van der Waals surface area contributed by atoms with Crippen molar-refractivity contribution in [3.63, 3.8) is 0 Å². The highest BCUT2D eigenvalue weighted by molar-refractivity contribution is 6.31. The van der Waals surface area contributed by atoms with E-state index in [1.165, 1.54) is 12.1 Å². The molecule has 1 aliphatic heterocycles. The Bertz CT molecular complexity index is 495. The molecular formula is C13H17ClN2O3. The number of halogens is 1. The average Bonchev–Trinajstić information content (AvgIpc) is 2.69. The molecule has 5 nitrogen and oxygen atoms in total. The van der Waals surface area contributed by atoms with Crippen LogP contribution < -0.4 is 5.32 Å². The predicted molar refractivity (Wildman–Crippen MR) is 73.4 cm³/mol. The van der Waals surface area contributed by atoms with Crippen LogP contribution in [0.2, 0.25) is 5.02 Å². The van der Waals surface area contributed by atoms with Crippen LogP contribution in [0, 0.1) is 10.1 Å². The summed E-state index contributed by atoms with van der Waals surface area (Å²) in [4.78, 5) is 10.3. The fourth-order valence-corrected chi connectivity index (χ4v) is 2.36. The van der Waals surface area contributed by atoms with Gasteiger partial charge >= 0.3 is 0 Å². The topological polar surface area (TPSA) is 64.4 Å². The van der Waals surface area contributed by atoms with Crippen LogP contribution in [0.15, 0.2) is 18.2 Å². The van der Waals surface area contributed by atoms with Crippen LogP contribution in [0.5, 0.6) is 0 Å². The first-order chi connectivity index (χ1) is 8.92. The van der Waals surface area contributed by atoms with Gasteiger partial charge in [0.1, 0.15) is 0 Å². The van der Waals surface area contributed by atoms with E-state index in [-0.39, 0.29) is 17.3 Å². The number of hydrogen-bond acceptors (Lipinski definition) is 4. The maximum absolute atomic E-state index is 10.8. The van der Waals surface area contributed by atoms with E-state index in [2.05, 4.69) is 12.2 Å². The number of rotatable bonds is 4. The Labute approximate surface area is 117 Å². The Hall–Kier alpha value is -1.17. The first-order valence-corrected chi connectivity index (χ1v) is 6.59. The molecule has 2 rings (SSSR count). The lowest BCUT2D eigenvalue weighted by Gasteiger charge is -2.29. The maximum Gasteiger partial charge on any atom is 0.269 e. The van der Waals surface area contributed by atoms with Gasteiger partial charge in [-0.15, -0.1) is 0 Å². The van der Waals surface area contributed by atoms with Gasteiger partial charge < -0.3 is 10.1 Å². The first-order valence-electron chi connectivity index (χ1n) is 6.22. The van der Waals surface area contributed by atoms with Crippen molar-refractivity contribution in [1.29, 1.82) is 0 Å². The van der Waals surface area contributed by atoms with Gasteiger partial charge in [-0.3, -0.25) is 10.1 Å². The molecule has 0 spiro atoms. The predicted octanol–water partition coefficient (Wildman–Crippen LogP) is 2.91. The summed E-state index contributed by atoms with van der Waals surface area (Å²) in [7, 11) is 0. The van der Waals surface area contributed by atoms with Gasteiger partial charge in [-0.1, -0.05) is 11.6 Å². The molecule has 1 fully saturated rings. The fraction of sp³-hybridized carbons (Fsp3) is 0.538. The Morgan fingerprint density at radius 2 is 2.37 bits per heavy atom. The van der Waals surface area contributed by atoms with Crippen LogP contribution in [-0.2, 0) is 11.3 Å². The van der Waals surface area contributed by atoms with Crippen molar-refractivity contribution in [2.24, 2.45) is 0 Å². The number of nitrogens with zero attached hydrogens (tertiary/aromatic N) is 1. The SMILES string of the molecule is CC1OCCC1(C)NCc1cc([N+](=O)[O-])ccc1Cl. The zero-order chi connectivity index (χ0) is 14.0. The quantitative estimate of drug-likeness (QED) is 0.682. The zero-order valence-electron chi connectivity index (χ0n) is 11.0. The van der Waals surface area contributed by atoms with Gasteiger partial charge in [0, 0.05) is 35.8 Å². The largest absolute Gasteiger partial charge is 0.377 e. The van der Waals surface area contributed by atoms with Crippen molar-refractivity contribution in [1.82, 2.24) is 5.32 Å². The molecule has 2 unspecified atom stereocenters. The average molecular weight is 285 g/mol. The van der Waals surface area contributed by atoms with E-state index in [9.17, 15) is 10.1 Å². The second-order valence-corrected chi connectivity index (χ2v) is 5.47. The minimum Gasteiger partial charge on any atom is -0.377 e. The van der Waals surface area contributed by atoms with Gasteiger partial charge in [0.25, 0.3) is 5.69 Å². The van der Waals surface area contributed by atoms with Gasteiger partial charge in [-0.05, 0) is 31.9 Å². The van der Waals surface area contributed by atoms with Crippen LogP contribution >= 0.6 is 11.6 Å². The molecule has 0 radical (unpaired) electrons. The number of nitrogens with one attached hydrogen (secondary N) is 1. The number of nitro groups is 1. The smallest absolute Gasteiger partial charge is 0.269 e. The van der Waals surface area contributed by atoms with E-state index in [1.807, 2.05) is 6.92 Å². The highest BCUT2D eigenvalue weighted by Crippen LogP contribution is 2.27. The van der Waals surface area contributed by atoms with Crippen LogP contribution in [0.25, 0.3) is 0 Å². The molecule has 1 aromatic carbocycles. The van der Waals surface area contributed by atoms with Crippen LogP contribution in [0.1, 0.15) is 25.8 Å². The van der Waals surface area contributed by atoms with Crippen molar-refractivity contribution >= 4 is 17.3 Å². The van der Waals surface area contributed by atoms with E-state index < -0.39 is 4.92 Å². The minimum atomic E-state index is -0.414. The molecule has 1 aromatic rings. The number of benzene rings is 1. The molecule has 104 valence electrons. The van der Waals surface area contributed by atoms with Crippen molar-refractivity contribution in [2.75, 3.05) is 6.61 Å². The highest BCUT2D eigenvalue weighted by atomic mass is 35.5. The fourth-order valence-electron chi connectivity index (χ4n) is 2.17. The molecule has 0 bridgehead atoms. The minimum absolute atomic E-state index is 0.0575. The molecule has 0 saturated carbocycles. The van der Waals surface area contributed by atoms with Crippen LogP contribution in [0.3, 0.4) is 0 Å². The molecule has 0 aliphatic carbocycles. The maximum atomic E-state index is 10.8. The molecule has 6 heteroatoms. The lowest BCUT2D eigenvalue weighted by molar-refractivity contribution is -0.384. The third-order valence-corrected chi connectivity index (χ3v) is 4.18. The summed E-state index contributed by atoms with van der Waals surface area (Å²) in [6.45, 7) is 5.34. The van der Waals surface area contributed by atoms with E-state index in [0.717, 1.165) is 18.6 Å². The number of non-ortho nitro benzene ring substituents is 1. The van der Waals surface area contributed by atoms with Crippen molar-refractivity contribution in [3.8, 4) is 0 Å². The van der Waals surface area contributed by atoms with E-state index in [0.29, 0.717) is 11.6 Å². The molecule has 1 aliphatic rings. The third-order valence-electron chi connectivity index (χ3n) is 3.81. The molecule has 0 aromatic heterocycles. The number of hydrogen-bond donors (Lipinski definition) is 1. The molecule has 1 saturated heterocycles. The summed E-state index contributed by atoms with van der Waals surface area (Å²) in [5, 5.41) is 14.7. The highest BCUT2D eigenvalue weighted by Gasteiger charge is 2.36. The Morgan fingerprint density at radius 1 is 1.63 bits per heavy atom. The molecule has 1 N–H and O–H groups in total. The second-order valence-electron chi connectivity index (χ2n) is 5.07. The van der Waals surface area contributed by atoms with Crippen molar-refractivity contribution < 1.29 is 9.66 Å². The lowest BCUT2D eigenvalue weighted by Crippen LogP contribution is -2.47. The standard InChI is InChI=1S/C13H17ClN2O3/c1-9-13(2,5-6-19-9)15-8-10-7-11(16(17)18)3-4-12(10)14/h3-4,7,9,15H,5-6,8H2,1-2H3. The number of ether oxygens (including phenoxy) is 1. The van der Waals surface area contributed by atoms with E-state index in [4.69, 9.17) is 16.3 Å². The molecular weight excluding hydrogens is 268 g/mol. The van der Waals surface area contributed by atoms with Gasteiger partial charge in [0.2, 0.25) is 0 Å². The summed E-state index contributed by atoms with van der Waals surface area (Å²) in [6, 6.07) is 4.49. The first kappa shape index (κ1) is 14.2. The summed E-state index contributed by atoms with van der Waals surface area (Å²) >= 11 is 6.07. The monoisotopic (exact) mass is 284 g/mol. The Balaban J connectivity index is 2.11. The van der Waals surface area contributed by atoms with Crippen LogP contribution in [0.4, 0.5) is 5.69 Å². The summed E-state index contributed by atoms with van der Waals surface area (Å²) in [6.07, 6.45) is 1.03. The normalized spacial score (nSPS) is 26.6. The van der Waals surface area contributed by atoms with Gasteiger partial charge in [-0.25, -0.2) is 0 Å². The molecule has 2 atom stereocenters. The van der Waals surface area contributed by atoms with Crippen molar-refractivity contribution in [2.45, 2.75) is 38.5 Å². The van der Waals surface area contributed by atoms with Crippen molar-refractivity contribution in [3.05, 3.63) is 38.9 Å². The molecule has 1 heterocycles. The summed E-state index contributed by atoms with van der Waals surface area (Å²) in [5.74, 6) is 0. The van der Waals surface area contributed by atoms with E-state index in [1.54, 1.807) is 6.07 Å². The lowest BCUT2D eigenvalue weighted by atomic mass is 9.94. The second kappa shape index (κ2) is 5.45. The van der Waals surface area contributed by atoms with E-state index >= 15 is 0 Å². The summed E-state index contributed by atoms with van der Waals surface area (Å²) < 4.78 is 5.55. The van der Waals surface area contributed by atoms with Gasteiger partial charge in [0.15, 0.2) is 0 Å². The Kier molecular flexibility index (Phi) is 4.08. The zero-order valence-corrected chi connectivity index (χ0v) is 11.7.